The van der Waals surface area contributed by atoms with E-state index in [0.29, 0.717) is 23.2 Å². The SMILES string of the molecule is CCCN(C(=O)C(Cc1ccc(O)cc1)NC(=O)OC(C)(C)C)C(C(=O)Nc1ccccc1C)c1ccc(O)cc1. The fourth-order valence-corrected chi connectivity index (χ4v) is 4.37. The predicted octanol–water partition coefficient (Wildman–Crippen LogP) is 5.46. The number of rotatable bonds is 10. The Morgan fingerprint density at radius 1 is 0.902 bits per heavy atom. The summed E-state index contributed by atoms with van der Waals surface area (Å²) in [7, 11) is 0. The van der Waals surface area contributed by atoms with Crippen LogP contribution in [0.4, 0.5) is 10.5 Å². The van der Waals surface area contributed by atoms with E-state index in [1.165, 1.54) is 29.2 Å². The molecule has 0 spiro atoms. The zero-order valence-electron chi connectivity index (χ0n) is 24.2. The first kappa shape index (κ1) is 31.0. The summed E-state index contributed by atoms with van der Waals surface area (Å²) in [6, 6.07) is 17.7. The summed E-state index contributed by atoms with van der Waals surface area (Å²) in [5, 5.41) is 25.3. The number of hydrogen-bond acceptors (Lipinski definition) is 6. The summed E-state index contributed by atoms with van der Waals surface area (Å²) in [6.45, 7) is 9.16. The van der Waals surface area contributed by atoms with Gasteiger partial charge < -0.3 is 30.5 Å². The molecule has 4 N–H and O–H groups in total. The third kappa shape index (κ3) is 8.99. The average molecular weight is 562 g/mol. The first-order valence-electron chi connectivity index (χ1n) is 13.6. The van der Waals surface area contributed by atoms with Crippen LogP contribution in [0.1, 0.15) is 56.8 Å². The number of nitrogens with zero attached hydrogens (tertiary/aromatic N) is 1. The van der Waals surface area contributed by atoms with Gasteiger partial charge in [0.1, 0.15) is 29.2 Å². The predicted molar refractivity (Wildman–Crippen MR) is 158 cm³/mol. The van der Waals surface area contributed by atoms with Gasteiger partial charge in [0, 0.05) is 18.7 Å². The highest BCUT2D eigenvalue weighted by atomic mass is 16.6. The van der Waals surface area contributed by atoms with E-state index in [9.17, 15) is 24.6 Å². The number of phenols is 2. The molecule has 3 aromatic carbocycles. The lowest BCUT2D eigenvalue weighted by Crippen LogP contribution is -2.53. The fourth-order valence-electron chi connectivity index (χ4n) is 4.37. The monoisotopic (exact) mass is 561 g/mol. The Morgan fingerprint density at radius 2 is 1.49 bits per heavy atom. The normalized spacial score (nSPS) is 12.6. The molecule has 2 atom stereocenters. The molecular formula is C32H39N3O6. The number of nitrogens with one attached hydrogen (secondary N) is 2. The maximum Gasteiger partial charge on any atom is 0.408 e. The van der Waals surface area contributed by atoms with Crippen molar-refractivity contribution in [2.75, 3.05) is 11.9 Å². The number of ether oxygens (including phenoxy) is 1. The minimum absolute atomic E-state index is 0.0250. The number of carbonyl (C=O) groups excluding carboxylic acids is 3. The van der Waals surface area contributed by atoms with E-state index >= 15 is 0 Å². The molecule has 3 amide bonds. The van der Waals surface area contributed by atoms with Crippen LogP contribution in [-0.2, 0) is 20.7 Å². The number of anilines is 1. The van der Waals surface area contributed by atoms with Gasteiger partial charge in [0.15, 0.2) is 0 Å². The van der Waals surface area contributed by atoms with E-state index in [1.807, 2.05) is 32.0 Å². The van der Waals surface area contributed by atoms with Crippen LogP contribution < -0.4 is 10.6 Å². The molecule has 0 bridgehead atoms. The fraction of sp³-hybridized carbons (Fsp3) is 0.344. The summed E-state index contributed by atoms with van der Waals surface area (Å²) >= 11 is 0. The number of carbonyl (C=O) groups is 3. The minimum atomic E-state index is -1.08. The molecule has 3 aromatic rings. The Kier molecular flexibility index (Phi) is 10.4. The van der Waals surface area contributed by atoms with E-state index in [1.54, 1.807) is 51.1 Å². The van der Waals surface area contributed by atoms with Gasteiger partial charge in [-0.05, 0) is 81.1 Å². The number of phenolic OH excluding ortho intramolecular Hbond substituents is 2. The standard InChI is InChI=1S/C32H39N3O6/c1-6-19-35(28(23-13-17-25(37)18-14-23)29(38)33-26-10-8-7-9-21(26)2)30(39)27(34-31(40)41-32(3,4)5)20-22-11-15-24(36)16-12-22/h7-18,27-28,36-37H,6,19-20H2,1-5H3,(H,33,38)(H,34,40). The van der Waals surface area contributed by atoms with Crippen molar-refractivity contribution in [3.63, 3.8) is 0 Å². The second-order valence-electron chi connectivity index (χ2n) is 10.9. The summed E-state index contributed by atoms with van der Waals surface area (Å²) < 4.78 is 5.44. The van der Waals surface area contributed by atoms with Crippen molar-refractivity contribution in [3.05, 3.63) is 89.5 Å². The van der Waals surface area contributed by atoms with Crippen molar-refractivity contribution in [3.8, 4) is 11.5 Å². The number of amides is 3. The minimum Gasteiger partial charge on any atom is -0.508 e. The first-order chi connectivity index (χ1) is 19.4. The molecular weight excluding hydrogens is 522 g/mol. The second kappa shape index (κ2) is 13.7. The number of aromatic hydroxyl groups is 2. The molecule has 0 fully saturated rings. The van der Waals surface area contributed by atoms with Gasteiger partial charge in [-0.25, -0.2) is 4.79 Å². The van der Waals surface area contributed by atoms with Crippen LogP contribution in [0.25, 0.3) is 0 Å². The van der Waals surface area contributed by atoms with Gasteiger partial charge in [-0.1, -0.05) is 49.4 Å². The van der Waals surface area contributed by atoms with Gasteiger partial charge >= 0.3 is 6.09 Å². The molecule has 0 aromatic heterocycles. The van der Waals surface area contributed by atoms with Crippen molar-refractivity contribution in [1.29, 1.82) is 0 Å². The number of benzene rings is 3. The van der Waals surface area contributed by atoms with Gasteiger partial charge in [0.2, 0.25) is 5.91 Å². The van der Waals surface area contributed by atoms with Crippen molar-refractivity contribution < 1.29 is 29.3 Å². The van der Waals surface area contributed by atoms with Gasteiger partial charge in [0.25, 0.3) is 5.91 Å². The molecule has 0 aliphatic carbocycles. The third-order valence-corrected chi connectivity index (χ3v) is 6.28. The maximum absolute atomic E-state index is 14.3. The molecule has 0 aliphatic rings. The smallest absolute Gasteiger partial charge is 0.408 e. The van der Waals surface area contributed by atoms with Crippen LogP contribution in [0, 0.1) is 6.92 Å². The molecule has 9 heteroatoms. The molecule has 2 unspecified atom stereocenters. The zero-order chi connectivity index (χ0) is 30.2. The highest BCUT2D eigenvalue weighted by molar-refractivity contribution is 5.99. The Hall–Kier alpha value is -4.53. The molecule has 0 saturated heterocycles. The number of para-hydroxylation sites is 1. The van der Waals surface area contributed by atoms with Gasteiger partial charge in [-0.15, -0.1) is 0 Å². The number of hydrogen-bond donors (Lipinski definition) is 4. The van der Waals surface area contributed by atoms with Crippen LogP contribution in [0.15, 0.2) is 72.8 Å². The van der Waals surface area contributed by atoms with Gasteiger partial charge in [0.05, 0.1) is 0 Å². The number of aryl methyl sites for hydroxylation is 1. The molecule has 0 radical (unpaired) electrons. The van der Waals surface area contributed by atoms with Crippen molar-refractivity contribution in [2.45, 2.75) is 65.1 Å². The highest BCUT2D eigenvalue weighted by Gasteiger charge is 2.36. The zero-order valence-corrected chi connectivity index (χ0v) is 24.2. The molecule has 3 rings (SSSR count). The van der Waals surface area contributed by atoms with Crippen molar-refractivity contribution in [1.82, 2.24) is 10.2 Å². The summed E-state index contributed by atoms with van der Waals surface area (Å²) in [4.78, 5) is 42.5. The quantitative estimate of drug-likeness (QED) is 0.260. The van der Waals surface area contributed by atoms with Crippen molar-refractivity contribution >= 4 is 23.6 Å². The van der Waals surface area contributed by atoms with Crippen LogP contribution >= 0.6 is 0 Å². The Labute approximate surface area is 241 Å². The maximum atomic E-state index is 14.3. The summed E-state index contributed by atoms with van der Waals surface area (Å²) in [6.07, 6.45) is -0.131. The Bertz CT molecular complexity index is 1330. The molecule has 0 aliphatic heterocycles. The van der Waals surface area contributed by atoms with Crippen LogP contribution in [0.2, 0.25) is 0 Å². The van der Waals surface area contributed by atoms with Gasteiger partial charge in [-0.2, -0.15) is 0 Å². The topological polar surface area (TPSA) is 128 Å². The molecule has 0 saturated carbocycles. The summed E-state index contributed by atoms with van der Waals surface area (Å²) in [5.41, 5.74) is 1.87. The lowest BCUT2D eigenvalue weighted by molar-refractivity contribution is -0.140. The Balaban J connectivity index is 2.03. The third-order valence-electron chi connectivity index (χ3n) is 6.28. The average Bonchev–Trinajstić information content (AvgIpc) is 2.90. The van der Waals surface area contributed by atoms with Crippen LogP contribution in [0.5, 0.6) is 11.5 Å². The molecule has 9 nitrogen and oxygen atoms in total. The molecule has 0 heterocycles. The first-order valence-corrected chi connectivity index (χ1v) is 13.6. The van der Waals surface area contributed by atoms with Crippen LogP contribution in [-0.4, -0.2) is 51.2 Å². The number of alkyl carbamates (subject to hydrolysis) is 1. The van der Waals surface area contributed by atoms with E-state index in [2.05, 4.69) is 10.6 Å². The molecule has 41 heavy (non-hydrogen) atoms. The molecule has 218 valence electrons. The summed E-state index contributed by atoms with van der Waals surface area (Å²) in [5.74, 6) is -0.821. The van der Waals surface area contributed by atoms with E-state index in [0.717, 1.165) is 5.56 Å². The lowest BCUT2D eigenvalue weighted by atomic mass is 9.99. The van der Waals surface area contributed by atoms with Crippen molar-refractivity contribution in [2.24, 2.45) is 0 Å². The van der Waals surface area contributed by atoms with Crippen LogP contribution in [0.3, 0.4) is 0 Å². The van der Waals surface area contributed by atoms with E-state index in [-0.39, 0.29) is 24.5 Å². The van der Waals surface area contributed by atoms with E-state index in [4.69, 9.17) is 4.74 Å². The lowest BCUT2D eigenvalue weighted by Gasteiger charge is -2.34. The highest BCUT2D eigenvalue weighted by Crippen LogP contribution is 2.27. The van der Waals surface area contributed by atoms with E-state index < -0.39 is 35.6 Å². The Morgan fingerprint density at radius 3 is 2.05 bits per heavy atom. The second-order valence-corrected chi connectivity index (χ2v) is 10.9. The largest absolute Gasteiger partial charge is 0.508 e. The van der Waals surface area contributed by atoms with Gasteiger partial charge in [-0.3, -0.25) is 9.59 Å².